The number of aromatic nitrogens is 1. The number of benzene rings is 1. The monoisotopic (exact) mass is 415 g/mol. The topological polar surface area (TPSA) is 67.5 Å². The van der Waals surface area contributed by atoms with Crippen molar-refractivity contribution in [3.8, 4) is 0 Å². The number of rotatable bonds is 5. The average Bonchev–Trinajstić information content (AvgIpc) is 2.97. The average molecular weight is 416 g/mol. The molecule has 0 saturated heterocycles. The lowest BCUT2D eigenvalue weighted by atomic mass is 10.2. The molecule has 0 bridgehead atoms. The fourth-order valence-electron chi connectivity index (χ4n) is 1.92. The molecule has 0 aliphatic carbocycles. The summed E-state index contributed by atoms with van der Waals surface area (Å²) in [7, 11) is 0. The van der Waals surface area contributed by atoms with Crippen LogP contribution < -0.4 is 5.43 Å². The molecule has 1 amide bonds. The van der Waals surface area contributed by atoms with Gasteiger partial charge in [0.1, 0.15) is 11.5 Å². The zero-order chi connectivity index (χ0) is 17.6. The number of carbonyl (C=O) groups is 1. The minimum Gasteiger partial charge on any atom is -0.447 e. The van der Waals surface area contributed by atoms with E-state index in [1.54, 1.807) is 30.5 Å². The van der Waals surface area contributed by atoms with Gasteiger partial charge in [-0.05, 0) is 47.1 Å². The number of amides is 1. The standard InChI is InChI=1S/C18H14BrN3O2S/c1-12-5-7-14(8-6-12)25-18-15(19)10-13(24-18)11-21-22-17(23)16-4-2-3-9-20-16/h2-11H,1H3,(H,22,23)/b21-11-. The highest BCUT2D eigenvalue weighted by Crippen LogP contribution is 2.35. The molecule has 0 saturated carbocycles. The Bertz CT molecular complexity index is 892. The number of hydrazone groups is 1. The molecule has 0 aliphatic rings. The first-order chi connectivity index (χ1) is 12.1. The normalized spacial score (nSPS) is 11.0. The highest BCUT2D eigenvalue weighted by atomic mass is 79.9. The van der Waals surface area contributed by atoms with Gasteiger partial charge in [-0.3, -0.25) is 9.78 Å². The molecule has 3 rings (SSSR count). The summed E-state index contributed by atoms with van der Waals surface area (Å²) in [6.45, 7) is 2.05. The number of hydrogen-bond donors (Lipinski definition) is 1. The van der Waals surface area contributed by atoms with Gasteiger partial charge in [-0.2, -0.15) is 5.10 Å². The third-order valence-corrected chi connectivity index (χ3v) is 5.01. The third-order valence-electron chi connectivity index (χ3n) is 3.16. The minimum absolute atomic E-state index is 0.302. The molecular formula is C18H14BrN3O2S. The smallest absolute Gasteiger partial charge is 0.289 e. The molecule has 0 atom stereocenters. The molecule has 25 heavy (non-hydrogen) atoms. The Morgan fingerprint density at radius 3 is 2.80 bits per heavy atom. The van der Waals surface area contributed by atoms with Crippen molar-refractivity contribution in [2.45, 2.75) is 16.9 Å². The summed E-state index contributed by atoms with van der Waals surface area (Å²) in [5.41, 5.74) is 3.93. The van der Waals surface area contributed by atoms with Crippen LogP contribution in [0.1, 0.15) is 21.8 Å². The minimum atomic E-state index is -0.378. The SMILES string of the molecule is Cc1ccc(Sc2oc(/C=N\NC(=O)c3ccccn3)cc2Br)cc1. The van der Waals surface area contributed by atoms with E-state index in [1.165, 1.54) is 23.5 Å². The Balaban J connectivity index is 1.64. The van der Waals surface area contributed by atoms with Crippen LogP contribution in [-0.4, -0.2) is 17.1 Å². The molecule has 1 aromatic carbocycles. The molecule has 0 unspecified atom stereocenters. The van der Waals surface area contributed by atoms with Gasteiger partial charge in [-0.1, -0.05) is 35.5 Å². The quantitative estimate of drug-likeness (QED) is 0.485. The number of pyridine rings is 1. The zero-order valence-electron chi connectivity index (χ0n) is 13.3. The fraction of sp³-hybridized carbons (Fsp3) is 0.0556. The van der Waals surface area contributed by atoms with Crippen molar-refractivity contribution in [3.63, 3.8) is 0 Å². The number of carbonyl (C=O) groups excluding carboxylic acids is 1. The van der Waals surface area contributed by atoms with Crippen LogP contribution in [0.4, 0.5) is 0 Å². The Kier molecular flexibility index (Phi) is 5.67. The lowest BCUT2D eigenvalue weighted by Crippen LogP contribution is -2.18. The number of aryl methyl sites for hydroxylation is 1. The molecule has 1 N–H and O–H groups in total. The summed E-state index contributed by atoms with van der Waals surface area (Å²) in [6, 6.07) is 15.1. The van der Waals surface area contributed by atoms with E-state index in [4.69, 9.17) is 4.42 Å². The van der Waals surface area contributed by atoms with Gasteiger partial charge in [0.15, 0.2) is 5.09 Å². The van der Waals surface area contributed by atoms with Crippen LogP contribution in [0.15, 0.2) is 78.7 Å². The highest BCUT2D eigenvalue weighted by molar-refractivity contribution is 9.10. The first kappa shape index (κ1) is 17.4. The first-order valence-corrected chi connectivity index (χ1v) is 9.01. The van der Waals surface area contributed by atoms with Gasteiger partial charge in [-0.25, -0.2) is 5.43 Å². The van der Waals surface area contributed by atoms with Crippen LogP contribution in [0.25, 0.3) is 0 Å². The number of nitrogens with zero attached hydrogens (tertiary/aromatic N) is 2. The maximum atomic E-state index is 11.8. The van der Waals surface area contributed by atoms with Crippen LogP contribution in [0.3, 0.4) is 0 Å². The van der Waals surface area contributed by atoms with E-state index >= 15 is 0 Å². The van der Waals surface area contributed by atoms with Gasteiger partial charge in [0.25, 0.3) is 5.91 Å². The number of halogens is 1. The summed E-state index contributed by atoms with van der Waals surface area (Å²) in [4.78, 5) is 16.9. The van der Waals surface area contributed by atoms with E-state index in [0.717, 1.165) is 14.5 Å². The molecule has 126 valence electrons. The van der Waals surface area contributed by atoms with E-state index in [0.29, 0.717) is 11.5 Å². The second kappa shape index (κ2) is 8.13. The first-order valence-electron chi connectivity index (χ1n) is 7.40. The van der Waals surface area contributed by atoms with Crippen LogP contribution >= 0.6 is 27.7 Å². The number of furan rings is 1. The molecule has 7 heteroatoms. The Morgan fingerprint density at radius 2 is 2.08 bits per heavy atom. The van der Waals surface area contributed by atoms with Gasteiger partial charge in [0, 0.05) is 17.2 Å². The van der Waals surface area contributed by atoms with Crippen molar-refractivity contribution in [2.24, 2.45) is 5.10 Å². The van der Waals surface area contributed by atoms with Gasteiger partial charge >= 0.3 is 0 Å². The second-order valence-corrected chi connectivity index (χ2v) is 7.01. The molecule has 0 fully saturated rings. The molecule has 2 aromatic heterocycles. The molecule has 0 spiro atoms. The van der Waals surface area contributed by atoms with E-state index in [1.807, 2.05) is 19.1 Å². The maximum absolute atomic E-state index is 11.8. The predicted molar refractivity (Wildman–Crippen MR) is 101 cm³/mol. The highest BCUT2D eigenvalue weighted by Gasteiger charge is 2.10. The van der Waals surface area contributed by atoms with Crippen LogP contribution in [-0.2, 0) is 0 Å². The van der Waals surface area contributed by atoms with Crippen molar-refractivity contribution < 1.29 is 9.21 Å². The van der Waals surface area contributed by atoms with Crippen molar-refractivity contribution in [3.05, 3.63) is 76.2 Å². The van der Waals surface area contributed by atoms with E-state index in [9.17, 15) is 4.79 Å². The third kappa shape index (κ3) is 4.80. The fourth-order valence-corrected chi connectivity index (χ4v) is 3.25. The van der Waals surface area contributed by atoms with Crippen LogP contribution in [0.2, 0.25) is 0 Å². The number of hydrogen-bond acceptors (Lipinski definition) is 5. The maximum Gasteiger partial charge on any atom is 0.289 e. The van der Waals surface area contributed by atoms with Crippen LogP contribution in [0.5, 0.6) is 0 Å². The van der Waals surface area contributed by atoms with E-state index in [2.05, 4.69) is 43.6 Å². The summed E-state index contributed by atoms with van der Waals surface area (Å²) in [5, 5.41) is 4.63. The Hall–Kier alpha value is -2.38. The molecule has 0 aliphatic heterocycles. The summed E-state index contributed by atoms with van der Waals surface area (Å²) >= 11 is 4.98. The molecule has 2 heterocycles. The van der Waals surface area contributed by atoms with Gasteiger partial charge < -0.3 is 4.42 Å². The van der Waals surface area contributed by atoms with Crippen LogP contribution in [0, 0.1) is 6.92 Å². The predicted octanol–water partition coefficient (Wildman–Crippen LogP) is 4.66. The lowest BCUT2D eigenvalue weighted by Gasteiger charge is -1.99. The van der Waals surface area contributed by atoms with Gasteiger partial charge in [0.05, 0.1) is 10.7 Å². The van der Waals surface area contributed by atoms with Crippen molar-refractivity contribution >= 4 is 39.8 Å². The van der Waals surface area contributed by atoms with E-state index in [-0.39, 0.29) is 5.91 Å². The Labute approximate surface area is 157 Å². The summed E-state index contributed by atoms with van der Waals surface area (Å²) < 4.78 is 6.57. The number of nitrogens with one attached hydrogen (secondary N) is 1. The van der Waals surface area contributed by atoms with Gasteiger partial charge in [0.2, 0.25) is 0 Å². The molecule has 0 radical (unpaired) electrons. The van der Waals surface area contributed by atoms with Gasteiger partial charge in [-0.15, -0.1) is 0 Å². The molecule has 3 aromatic rings. The van der Waals surface area contributed by atoms with Crippen molar-refractivity contribution in [1.29, 1.82) is 0 Å². The van der Waals surface area contributed by atoms with Crippen molar-refractivity contribution in [1.82, 2.24) is 10.4 Å². The van der Waals surface area contributed by atoms with E-state index < -0.39 is 0 Å². The van der Waals surface area contributed by atoms with Crippen molar-refractivity contribution in [2.75, 3.05) is 0 Å². The zero-order valence-corrected chi connectivity index (χ0v) is 15.7. The second-order valence-electron chi connectivity index (χ2n) is 5.11. The summed E-state index contributed by atoms with van der Waals surface area (Å²) in [5.74, 6) is 0.152. The lowest BCUT2D eigenvalue weighted by molar-refractivity contribution is 0.0950. The molecule has 5 nitrogen and oxygen atoms in total. The Morgan fingerprint density at radius 1 is 1.28 bits per heavy atom. The molecular weight excluding hydrogens is 402 g/mol. The summed E-state index contributed by atoms with van der Waals surface area (Å²) in [6.07, 6.45) is 3.00. The largest absolute Gasteiger partial charge is 0.447 e.